The molecule has 4 rings (SSSR count). The molecule has 0 N–H and O–H groups in total. The van der Waals surface area contributed by atoms with E-state index in [0.29, 0.717) is 24.0 Å². The maximum atomic E-state index is 14.4. The maximum Gasteiger partial charge on any atom is 0.419 e. The van der Waals surface area contributed by atoms with Crippen molar-refractivity contribution in [2.45, 2.75) is 32.5 Å². The van der Waals surface area contributed by atoms with E-state index < -0.39 is 35.2 Å². The quantitative estimate of drug-likeness (QED) is 0.595. The first-order valence-corrected chi connectivity index (χ1v) is 9.08. The molecule has 0 saturated carbocycles. The molecule has 0 spiro atoms. The number of carbonyl (C=O) groups excluding carboxylic acids is 1. The lowest BCUT2D eigenvalue weighted by molar-refractivity contribution is -0.140. The summed E-state index contributed by atoms with van der Waals surface area (Å²) in [5.74, 6) is -2.04. The van der Waals surface area contributed by atoms with Crippen LogP contribution < -0.4 is 0 Å². The van der Waals surface area contributed by atoms with E-state index in [9.17, 15) is 22.4 Å². The van der Waals surface area contributed by atoms with Crippen LogP contribution in [0.5, 0.6) is 0 Å². The highest BCUT2D eigenvalue weighted by atomic mass is 19.4. The fraction of sp³-hybridized carbons (Fsp3) is 0.316. The summed E-state index contributed by atoms with van der Waals surface area (Å²) in [6.07, 6.45) is -2.18. The molecule has 1 unspecified atom stereocenters. The fourth-order valence-corrected chi connectivity index (χ4v) is 3.48. The van der Waals surface area contributed by atoms with Gasteiger partial charge in [-0.25, -0.2) is 14.4 Å². The van der Waals surface area contributed by atoms with Crippen molar-refractivity contribution in [1.82, 2.24) is 29.9 Å². The Hall–Kier alpha value is -3.37. The third-order valence-electron chi connectivity index (χ3n) is 5.02. The van der Waals surface area contributed by atoms with E-state index in [0.717, 1.165) is 17.5 Å². The van der Waals surface area contributed by atoms with Crippen LogP contribution in [0.3, 0.4) is 0 Å². The largest absolute Gasteiger partial charge is 0.419 e. The number of carbonyl (C=O) groups is 1. The number of nitrogens with zero attached hydrogens (tertiary/aromatic N) is 6. The molecule has 156 valence electrons. The molecular weight excluding hydrogens is 404 g/mol. The van der Waals surface area contributed by atoms with Crippen LogP contribution >= 0.6 is 0 Å². The molecule has 11 heteroatoms. The van der Waals surface area contributed by atoms with E-state index in [1.54, 1.807) is 17.8 Å². The Balaban J connectivity index is 1.67. The van der Waals surface area contributed by atoms with Gasteiger partial charge in [0.05, 0.1) is 17.3 Å². The van der Waals surface area contributed by atoms with Gasteiger partial charge < -0.3 is 4.90 Å². The Morgan fingerprint density at radius 1 is 1.20 bits per heavy atom. The topological polar surface area (TPSA) is 76.8 Å². The van der Waals surface area contributed by atoms with Gasteiger partial charge in [-0.1, -0.05) is 5.21 Å². The van der Waals surface area contributed by atoms with Gasteiger partial charge in [-0.05, 0) is 37.6 Å². The number of amides is 1. The van der Waals surface area contributed by atoms with Gasteiger partial charge in [0, 0.05) is 25.4 Å². The van der Waals surface area contributed by atoms with Gasteiger partial charge in [-0.15, -0.1) is 5.10 Å². The molecule has 3 aromatic rings. The predicted molar refractivity (Wildman–Crippen MR) is 96.2 cm³/mol. The minimum absolute atomic E-state index is 0.142. The van der Waals surface area contributed by atoms with E-state index in [1.807, 2.05) is 19.1 Å². The Labute approximate surface area is 168 Å². The highest BCUT2D eigenvalue weighted by molar-refractivity contribution is 5.93. The number of alkyl halides is 3. The molecule has 1 aliphatic heterocycles. The van der Waals surface area contributed by atoms with Gasteiger partial charge in [0.2, 0.25) is 0 Å². The van der Waals surface area contributed by atoms with E-state index in [2.05, 4.69) is 20.3 Å². The van der Waals surface area contributed by atoms with E-state index in [1.165, 1.54) is 4.90 Å². The molecule has 0 radical (unpaired) electrons. The van der Waals surface area contributed by atoms with Gasteiger partial charge >= 0.3 is 6.18 Å². The fourth-order valence-electron chi connectivity index (χ4n) is 3.48. The number of hydrogen-bond acceptors (Lipinski definition) is 5. The lowest BCUT2D eigenvalue weighted by Crippen LogP contribution is -2.40. The number of aromatic nitrogens is 5. The zero-order valence-electron chi connectivity index (χ0n) is 16.0. The molecular formula is C19H16F4N6O. The molecule has 30 heavy (non-hydrogen) atoms. The summed E-state index contributed by atoms with van der Waals surface area (Å²) in [5.41, 5.74) is -0.195. The zero-order valence-corrected chi connectivity index (χ0v) is 16.0. The van der Waals surface area contributed by atoms with E-state index in [-0.39, 0.29) is 6.54 Å². The Morgan fingerprint density at radius 3 is 2.63 bits per heavy atom. The molecule has 0 bridgehead atoms. The molecule has 1 amide bonds. The van der Waals surface area contributed by atoms with E-state index in [4.69, 9.17) is 0 Å². The summed E-state index contributed by atoms with van der Waals surface area (Å²) in [6, 6.07) is 3.55. The Morgan fingerprint density at radius 2 is 1.93 bits per heavy atom. The highest BCUT2D eigenvalue weighted by Crippen LogP contribution is 2.34. The minimum atomic E-state index is -4.92. The molecule has 0 saturated heterocycles. The Kier molecular flexibility index (Phi) is 4.75. The summed E-state index contributed by atoms with van der Waals surface area (Å²) in [5, 5.41) is 8.25. The summed E-state index contributed by atoms with van der Waals surface area (Å²) < 4.78 is 54.9. The van der Waals surface area contributed by atoms with Crippen LogP contribution in [0.1, 0.15) is 46.0 Å². The zero-order chi connectivity index (χ0) is 21.6. The third kappa shape index (κ3) is 3.29. The first-order chi connectivity index (χ1) is 14.2. The van der Waals surface area contributed by atoms with Gasteiger partial charge in [0.25, 0.3) is 5.91 Å². The Bertz CT molecular complexity index is 1130. The number of aryl methyl sites for hydroxylation is 1. The summed E-state index contributed by atoms with van der Waals surface area (Å²) >= 11 is 0. The summed E-state index contributed by atoms with van der Waals surface area (Å²) in [6.45, 7) is 3.71. The molecule has 3 aromatic heterocycles. The monoisotopic (exact) mass is 420 g/mol. The van der Waals surface area contributed by atoms with Crippen molar-refractivity contribution in [2.24, 2.45) is 0 Å². The van der Waals surface area contributed by atoms with Crippen LogP contribution in [0, 0.1) is 12.7 Å². The van der Waals surface area contributed by atoms with Crippen LogP contribution in [0.15, 0.2) is 30.6 Å². The molecule has 4 heterocycles. The lowest BCUT2D eigenvalue weighted by Gasteiger charge is -2.32. The smallest absolute Gasteiger partial charge is 0.328 e. The second kappa shape index (κ2) is 7.15. The number of rotatable bonds is 2. The van der Waals surface area contributed by atoms with Crippen molar-refractivity contribution >= 4 is 5.91 Å². The average molecular weight is 420 g/mol. The maximum absolute atomic E-state index is 14.4. The third-order valence-corrected chi connectivity index (χ3v) is 5.02. The van der Waals surface area contributed by atoms with Crippen molar-refractivity contribution in [3.63, 3.8) is 0 Å². The average Bonchev–Trinajstić information content (AvgIpc) is 3.12. The number of fused-ring (bicyclic) bond motifs is 1. The highest BCUT2D eigenvalue weighted by Gasteiger charge is 2.39. The minimum Gasteiger partial charge on any atom is -0.328 e. The van der Waals surface area contributed by atoms with Crippen LogP contribution in [-0.4, -0.2) is 42.3 Å². The van der Waals surface area contributed by atoms with Crippen LogP contribution in [0.25, 0.3) is 5.82 Å². The molecule has 0 aliphatic carbocycles. The van der Waals surface area contributed by atoms with Gasteiger partial charge in [0.15, 0.2) is 17.3 Å². The van der Waals surface area contributed by atoms with Crippen molar-refractivity contribution < 1.29 is 22.4 Å². The lowest BCUT2D eigenvalue weighted by atomic mass is 10.0. The molecule has 0 aromatic carbocycles. The van der Waals surface area contributed by atoms with Crippen LogP contribution in [0.4, 0.5) is 17.6 Å². The van der Waals surface area contributed by atoms with Crippen molar-refractivity contribution in [1.29, 1.82) is 0 Å². The molecule has 7 nitrogen and oxygen atoms in total. The van der Waals surface area contributed by atoms with Crippen LogP contribution in [0.2, 0.25) is 0 Å². The first kappa shape index (κ1) is 19.9. The summed E-state index contributed by atoms with van der Waals surface area (Å²) in [7, 11) is 0. The van der Waals surface area contributed by atoms with E-state index >= 15 is 0 Å². The normalized spacial score (nSPS) is 16.5. The van der Waals surface area contributed by atoms with Crippen molar-refractivity contribution in [2.75, 3.05) is 6.54 Å². The molecule has 1 aliphatic rings. The number of hydrogen-bond donors (Lipinski definition) is 0. The summed E-state index contributed by atoms with van der Waals surface area (Å²) in [4.78, 5) is 21.9. The number of pyridine rings is 2. The SMILES string of the molecule is Cc1ccnc(-n2nnc3c2CCN(C(=O)c2nccc(C(F)(F)F)c2F)C3C)c1. The van der Waals surface area contributed by atoms with Gasteiger partial charge in [-0.2, -0.15) is 17.9 Å². The van der Waals surface area contributed by atoms with Gasteiger partial charge in [-0.3, -0.25) is 4.79 Å². The van der Waals surface area contributed by atoms with Crippen molar-refractivity contribution in [3.8, 4) is 5.82 Å². The molecule has 1 atom stereocenters. The second-order valence-corrected chi connectivity index (χ2v) is 6.97. The molecule has 0 fully saturated rings. The predicted octanol–water partition coefficient (Wildman–Crippen LogP) is 3.28. The van der Waals surface area contributed by atoms with Gasteiger partial charge in [0.1, 0.15) is 5.69 Å². The first-order valence-electron chi connectivity index (χ1n) is 9.08. The van der Waals surface area contributed by atoms with Crippen LogP contribution in [-0.2, 0) is 12.6 Å². The standard InChI is InChI=1S/C19H16F4N6O/c1-10-3-6-24-14(9-10)29-13-5-8-28(11(2)16(13)26-27-29)18(30)17-15(20)12(4-7-25-17)19(21,22)23/h3-4,6-7,9,11H,5,8H2,1-2H3. The second-order valence-electron chi connectivity index (χ2n) is 6.97. The number of halogens is 4. The van der Waals surface area contributed by atoms with Crippen molar-refractivity contribution in [3.05, 3.63) is 64.6 Å².